The molecule has 1 atom stereocenters. The van der Waals surface area contributed by atoms with E-state index >= 15 is 0 Å². The summed E-state index contributed by atoms with van der Waals surface area (Å²) in [6.07, 6.45) is 5.05. The molecule has 2 aromatic rings. The van der Waals surface area contributed by atoms with Crippen molar-refractivity contribution in [1.82, 2.24) is 10.2 Å². The van der Waals surface area contributed by atoms with Crippen molar-refractivity contribution in [1.29, 1.82) is 0 Å². The lowest BCUT2D eigenvalue weighted by Gasteiger charge is -2.07. The zero-order valence-electron chi connectivity index (χ0n) is 14.0. The number of rotatable bonds is 6. The van der Waals surface area contributed by atoms with Crippen LogP contribution in [-0.2, 0) is 9.53 Å². The first-order valence-corrected chi connectivity index (χ1v) is 8.67. The second-order valence-corrected chi connectivity index (χ2v) is 6.39. The highest BCUT2D eigenvalue weighted by atomic mass is 32.1. The van der Waals surface area contributed by atoms with Crippen LogP contribution in [0.5, 0.6) is 11.5 Å². The molecule has 1 fully saturated rings. The van der Waals surface area contributed by atoms with Crippen molar-refractivity contribution in [2.24, 2.45) is 0 Å². The van der Waals surface area contributed by atoms with E-state index in [0.717, 1.165) is 30.0 Å². The van der Waals surface area contributed by atoms with E-state index in [4.69, 9.17) is 14.2 Å². The van der Waals surface area contributed by atoms with Gasteiger partial charge >= 0.3 is 0 Å². The number of hydrogen-bond donors (Lipinski definition) is 1. The van der Waals surface area contributed by atoms with Gasteiger partial charge in [0.2, 0.25) is 11.0 Å². The number of amides is 1. The third-order valence-electron chi connectivity index (χ3n) is 3.73. The predicted octanol–water partition coefficient (Wildman–Crippen LogP) is 3.06. The zero-order valence-corrected chi connectivity index (χ0v) is 14.8. The Kier molecular flexibility index (Phi) is 5.62. The lowest BCUT2D eigenvalue weighted by molar-refractivity contribution is -0.111. The molecule has 0 saturated carbocycles. The quantitative estimate of drug-likeness (QED) is 0.796. The van der Waals surface area contributed by atoms with Gasteiger partial charge < -0.3 is 14.2 Å². The fourth-order valence-corrected chi connectivity index (χ4v) is 3.30. The van der Waals surface area contributed by atoms with Crippen LogP contribution in [0, 0.1) is 0 Å². The number of nitrogens with zero attached hydrogens (tertiary/aromatic N) is 2. The molecule has 1 amide bonds. The summed E-state index contributed by atoms with van der Waals surface area (Å²) in [6, 6.07) is 5.38. The van der Waals surface area contributed by atoms with Gasteiger partial charge in [0.05, 0.1) is 14.2 Å². The largest absolute Gasteiger partial charge is 0.497 e. The van der Waals surface area contributed by atoms with Gasteiger partial charge in [0.15, 0.2) is 0 Å². The maximum Gasteiger partial charge on any atom is 0.250 e. The number of hydrogen-bond acceptors (Lipinski definition) is 7. The van der Waals surface area contributed by atoms with E-state index < -0.39 is 0 Å². The van der Waals surface area contributed by atoms with Crippen molar-refractivity contribution >= 4 is 28.5 Å². The number of aromatic nitrogens is 2. The summed E-state index contributed by atoms with van der Waals surface area (Å²) in [7, 11) is 3.16. The van der Waals surface area contributed by atoms with Crippen LogP contribution < -0.4 is 14.8 Å². The predicted molar refractivity (Wildman–Crippen MR) is 95.0 cm³/mol. The van der Waals surface area contributed by atoms with Crippen LogP contribution in [-0.4, -0.2) is 36.9 Å². The number of methoxy groups -OCH3 is 2. The Morgan fingerprint density at radius 1 is 1.36 bits per heavy atom. The molecule has 1 aliphatic rings. The molecule has 1 aromatic carbocycles. The van der Waals surface area contributed by atoms with Crippen molar-refractivity contribution in [3.05, 3.63) is 34.8 Å². The molecule has 8 heteroatoms. The van der Waals surface area contributed by atoms with Crippen LogP contribution in [0.15, 0.2) is 24.3 Å². The standard InChI is InChI=1S/C17H19N3O4S/c1-22-12-6-7-13(23-2)11(10-12)5-8-15(21)18-17-20-19-16(25-17)14-4-3-9-24-14/h5-8,10,14H,3-4,9H2,1-2H3,(H,18,20,21)/b8-5+. The molecule has 25 heavy (non-hydrogen) atoms. The Bertz CT molecular complexity index is 769. The minimum absolute atomic E-state index is 0.000242. The van der Waals surface area contributed by atoms with Crippen molar-refractivity contribution in [2.45, 2.75) is 18.9 Å². The molecule has 1 aliphatic heterocycles. The molecular formula is C17H19N3O4S. The minimum Gasteiger partial charge on any atom is -0.497 e. The third kappa shape index (κ3) is 4.34. The van der Waals surface area contributed by atoms with Gasteiger partial charge in [-0.25, -0.2) is 0 Å². The van der Waals surface area contributed by atoms with Gasteiger partial charge in [0.1, 0.15) is 22.6 Å². The van der Waals surface area contributed by atoms with E-state index in [1.54, 1.807) is 38.5 Å². The first kappa shape index (κ1) is 17.4. The molecule has 1 N–H and O–H groups in total. The lowest BCUT2D eigenvalue weighted by Crippen LogP contribution is -2.07. The molecule has 1 unspecified atom stereocenters. The summed E-state index contributed by atoms with van der Waals surface area (Å²) in [4.78, 5) is 12.1. The number of anilines is 1. The highest BCUT2D eigenvalue weighted by Crippen LogP contribution is 2.32. The number of ether oxygens (including phenoxy) is 3. The van der Waals surface area contributed by atoms with Crippen LogP contribution in [0.25, 0.3) is 6.08 Å². The van der Waals surface area contributed by atoms with Crippen LogP contribution in [0.2, 0.25) is 0 Å². The molecule has 7 nitrogen and oxygen atoms in total. The van der Waals surface area contributed by atoms with Gasteiger partial charge in [0.25, 0.3) is 0 Å². The molecule has 2 heterocycles. The molecule has 0 spiro atoms. The van der Waals surface area contributed by atoms with Crippen molar-refractivity contribution in [2.75, 3.05) is 26.1 Å². The summed E-state index contributed by atoms with van der Waals surface area (Å²) in [5.41, 5.74) is 0.745. The summed E-state index contributed by atoms with van der Waals surface area (Å²) >= 11 is 1.34. The monoisotopic (exact) mass is 361 g/mol. The van der Waals surface area contributed by atoms with Crippen LogP contribution in [0.1, 0.15) is 29.5 Å². The van der Waals surface area contributed by atoms with Crippen LogP contribution in [0.4, 0.5) is 5.13 Å². The lowest BCUT2D eigenvalue weighted by atomic mass is 10.1. The SMILES string of the molecule is COc1ccc(OC)c(/C=C/C(=O)Nc2nnc(C3CCCO3)s2)c1. The molecule has 3 rings (SSSR count). The topological polar surface area (TPSA) is 82.6 Å². The average molecular weight is 361 g/mol. The van der Waals surface area contributed by atoms with Gasteiger partial charge in [0, 0.05) is 18.2 Å². The van der Waals surface area contributed by atoms with Crippen LogP contribution >= 0.6 is 11.3 Å². The summed E-state index contributed by atoms with van der Waals surface area (Å²) in [5, 5.41) is 12.0. The number of nitrogens with one attached hydrogen (secondary N) is 1. The first-order chi connectivity index (χ1) is 12.2. The second kappa shape index (κ2) is 8.09. The fourth-order valence-electron chi connectivity index (χ4n) is 2.47. The third-order valence-corrected chi connectivity index (χ3v) is 4.66. The van der Waals surface area contributed by atoms with Gasteiger partial charge in [-0.2, -0.15) is 0 Å². The smallest absolute Gasteiger partial charge is 0.250 e. The number of carbonyl (C=O) groups excluding carboxylic acids is 1. The van der Waals surface area contributed by atoms with Gasteiger partial charge in [-0.15, -0.1) is 10.2 Å². The molecule has 1 aromatic heterocycles. The van der Waals surface area contributed by atoms with E-state index in [2.05, 4.69) is 15.5 Å². The second-order valence-electron chi connectivity index (χ2n) is 5.38. The Morgan fingerprint density at radius 2 is 2.24 bits per heavy atom. The summed E-state index contributed by atoms with van der Waals surface area (Å²) in [5.74, 6) is 1.05. The van der Waals surface area contributed by atoms with E-state index in [0.29, 0.717) is 16.6 Å². The van der Waals surface area contributed by atoms with E-state index in [-0.39, 0.29) is 12.0 Å². The minimum atomic E-state index is -0.292. The summed E-state index contributed by atoms with van der Waals surface area (Å²) in [6.45, 7) is 0.747. The van der Waals surface area contributed by atoms with Crippen molar-refractivity contribution < 1.29 is 19.0 Å². The highest BCUT2D eigenvalue weighted by Gasteiger charge is 2.22. The molecule has 0 bridgehead atoms. The Balaban J connectivity index is 1.65. The van der Waals surface area contributed by atoms with Crippen LogP contribution in [0.3, 0.4) is 0 Å². The normalized spacial score (nSPS) is 17.0. The molecule has 0 aliphatic carbocycles. The van der Waals surface area contributed by atoms with Crippen molar-refractivity contribution in [3.8, 4) is 11.5 Å². The Hall–Kier alpha value is -2.45. The highest BCUT2D eigenvalue weighted by molar-refractivity contribution is 7.15. The Labute approximate surface area is 149 Å². The maximum atomic E-state index is 12.1. The molecular weight excluding hydrogens is 342 g/mol. The van der Waals surface area contributed by atoms with E-state index in [1.165, 1.54) is 17.4 Å². The zero-order chi connectivity index (χ0) is 17.6. The van der Waals surface area contributed by atoms with E-state index in [1.807, 2.05) is 0 Å². The number of benzene rings is 1. The number of carbonyl (C=O) groups is 1. The van der Waals surface area contributed by atoms with Crippen molar-refractivity contribution in [3.63, 3.8) is 0 Å². The fraction of sp³-hybridized carbons (Fsp3) is 0.353. The average Bonchev–Trinajstić information content (AvgIpc) is 3.31. The van der Waals surface area contributed by atoms with E-state index in [9.17, 15) is 4.79 Å². The maximum absolute atomic E-state index is 12.1. The summed E-state index contributed by atoms with van der Waals surface area (Å²) < 4.78 is 16.0. The van der Waals surface area contributed by atoms with Gasteiger partial charge in [-0.1, -0.05) is 11.3 Å². The first-order valence-electron chi connectivity index (χ1n) is 7.85. The molecule has 132 valence electrons. The molecule has 0 radical (unpaired) electrons. The van der Waals surface area contributed by atoms with Gasteiger partial charge in [-0.3, -0.25) is 10.1 Å². The Morgan fingerprint density at radius 3 is 2.96 bits per heavy atom. The van der Waals surface area contributed by atoms with Gasteiger partial charge in [-0.05, 0) is 37.1 Å². The molecule has 1 saturated heterocycles.